The van der Waals surface area contributed by atoms with Crippen LogP contribution in [0.4, 0.5) is 0 Å². The zero-order chi connectivity index (χ0) is 16.5. The zero-order valence-corrected chi connectivity index (χ0v) is 14.9. The normalized spacial score (nSPS) is 19.3. The number of fused-ring (bicyclic) bond motifs is 3. The fraction of sp³-hybridized carbons (Fsp3) is 0.571. The molecule has 0 aliphatic heterocycles. The van der Waals surface area contributed by atoms with Gasteiger partial charge in [0.1, 0.15) is 5.69 Å². The lowest BCUT2D eigenvalue weighted by atomic mass is 9.71. The minimum atomic E-state index is -3.59. The molecule has 0 spiro atoms. The molecule has 1 amide bonds. The molecule has 1 aliphatic rings. The largest absolute Gasteiger partial charge is 0.294 e. The monoisotopic (exact) mass is 341 g/mol. The Hall–Kier alpha value is -1.41. The highest BCUT2D eigenvalue weighted by Crippen LogP contribution is 2.53. The minimum Gasteiger partial charge on any atom is -0.294 e. The summed E-state index contributed by atoms with van der Waals surface area (Å²) in [7, 11) is -3.59. The van der Waals surface area contributed by atoms with Crippen molar-refractivity contribution in [2.24, 2.45) is 5.41 Å². The predicted octanol–water partition coefficient (Wildman–Crippen LogP) is 1.95. The molecule has 2 aromatic rings. The third kappa shape index (κ3) is 2.16. The molecule has 120 valence electrons. The number of thiazole rings is 1. The molecule has 22 heavy (non-hydrogen) atoms. The van der Waals surface area contributed by atoms with Crippen molar-refractivity contribution >= 4 is 32.2 Å². The molecular formula is C14H19N3O3S2. The maximum Gasteiger partial charge on any atom is 0.284 e. The lowest BCUT2D eigenvalue weighted by molar-refractivity contribution is 0.0977. The Morgan fingerprint density at radius 1 is 1.36 bits per heavy atom. The second-order valence-electron chi connectivity index (χ2n) is 7.05. The number of imidazole rings is 1. The van der Waals surface area contributed by atoms with Gasteiger partial charge in [0.2, 0.25) is 10.0 Å². The highest BCUT2D eigenvalue weighted by molar-refractivity contribution is 7.89. The van der Waals surface area contributed by atoms with Crippen molar-refractivity contribution in [3.8, 4) is 0 Å². The Balaban J connectivity index is 2.06. The van der Waals surface area contributed by atoms with E-state index in [0.29, 0.717) is 0 Å². The Kier molecular flexibility index (Phi) is 3.04. The van der Waals surface area contributed by atoms with Gasteiger partial charge >= 0.3 is 0 Å². The highest BCUT2D eigenvalue weighted by atomic mass is 32.2. The summed E-state index contributed by atoms with van der Waals surface area (Å²) in [5.41, 5.74) is 1.47. The predicted molar refractivity (Wildman–Crippen MR) is 85.9 cm³/mol. The first-order valence-electron chi connectivity index (χ1n) is 6.96. The molecule has 3 rings (SSSR count). The van der Waals surface area contributed by atoms with E-state index in [1.54, 1.807) is 17.5 Å². The quantitative estimate of drug-likeness (QED) is 0.905. The lowest BCUT2D eigenvalue weighted by Crippen LogP contribution is -2.31. The van der Waals surface area contributed by atoms with Crippen LogP contribution in [0.3, 0.4) is 0 Å². The van der Waals surface area contributed by atoms with E-state index in [2.05, 4.69) is 32.7 Å². The number of rotatable bonds is 2. The average molecular weight is 341 g/mol. The van der Waals surface area contributed by atoms with Crippen molar-refractivity contribution in [3.05, 3.63) is 22.5 Å². The van der Waals surface area contributed by atoms with Crippen molar-refractivity contribution in [3.63, 3.8) is 0 Å². The maximum atomic E-state index is 11.9. The molecule has 0 saturated heterocycles. The molecule has 1 aliphatic carbocycles. The van der Waals surface area contributed by atoms with Crippen molar-refractivity contribution < 1.29 is 13.2 Å². The van der Waals surface area contributed by atoms with E-state index in [4.69, 9.17) is 0 Å². The van der Waals surface area contributed by atoms with E-state index in [1.165, 1.54) is 10.6 Å². The Morgan fingerprint density at radius 2 is 2.00 bits per heavy atom. The first-order chi connectivity index (χ1) is 9.92. The molecule has 0 radical (unpaired) electrons. The van der Waals surface area contributed by atoms with Gasteiger partial charge in [0.25, 0.3) is 5.91 Å². The fourth-order valence-electron chi connectivity index (χ4n) is 2.82. The van der Waals surface area contributed by atoms with Crippen LogP contribution in [0.1, 0.15) is 48.8 Å². The van der Waals surface area contributed by atoms with E-state index in [9.17, 15) is 13.2 Å². The summed E-state index contributed by atoms with van der Waals surface area (Å²) in [6.07, 6.45) is 3.48. The Labute approximate surface area is 133 Å². The number of amides is 1. The van der Waals surface area contributed by atoms with Crippen LogP contribution in [0, 0.1) is 5.41 Å². The summed E-state index contributed by atoms with van der Waals surface area (Å²) in [6, 6.07) is 0. The van der Waals surface area contributed by atoms with Gasteiger partial charge in [-0.15, -0.1) is 11.3 Å². The molecule has 0 bridgehead atoms. The molecule has 0 atom stereocenters. The van der Waals surface area contributed by atoms with Gasteiger partial charge in [-0.3, -0.25) is 9.20 Å². The van der Waals surface area contributed by atoms with Crippen LogP contribution in [-0.2, 0) is 21.9 Å². The summed E-state index contributed by atoms with van der Waals surface area (Å²) >= 11 is 1.57. The average Bonchev–Trinajstić information content (AvgIpc) is 2.90. The molecule has 0 aromatic carbocycles. The molecule has 8 heteroatoms. The zero-order valence-electron chi connectivity index (χ0n) is 13.2. The Bertz CT molecular complexity index is 888. The summed E-state index contributed by atoms with van der Waals surface area (Å²) < 4.78 is 26.2. The SMILES string of the molecule is CC1(C)Cc2c(sc3nc(C(=O)NS(C)(=O)=O)cn23)C1(C)C. The van der Waals surface area contributed by atoms with Gasteiger partial charge in [-0.25, -0.2) is 18.1 Å². The fourth-order valence-corrected chi connectivity index (χ4v) is 4.67. The molecule has 2 aromatic heterocycles. The number of carbonyl (C=O) groups is 1. The van der Waals surface area contributed by atoms with E-state index < -0.39 is 15.9 Å². The van der Waals surface area contributed by atoms with Crippen LogP contribution in [0.15, 0.2) is 6.20 Å². The lowest BCUT2D eigenvalue weighted by Gasteiger charge is -2.34. The number of aromatic nitrogens is 2. The second-order valence-corrected chi connectivity index (χ2v) is 9.77. The van der Waals surface area contributed by atoms with Crippen LogP contribution in [-0.4, -0.2) is 30.0 Å². The molecule has 2 heterocycles. The minimum absolute atomic E-state index is 0.0445. The van der Waals surface area contributed by atoms with Crippen molar-refractivity contribution in [2.45, 2.75) is 39.5 Å². The van der Waals surface area contributed by atoms with Crippen LogP contribution in [0.2, 0.25) is 0 Å². The number of sulfonamides is 1. The first kappa shape index (κ1) is 15.5. The summed E-state index contributed by atoms with van der Waals surface area (Å²) in [4.78, 5) is 18.2. The topological polar surface area (TPSA) is 80.5 Å². The second kappa shape index (κ2) is 4.32. The number of hydrogen-bond acceptors (Lipinski definition) is 5. The molecular weight excluding hydrogens is 322 g/mol. The van der Waals surface area contributed by atoms with Gasteiger partial charge in [-0.2, -0.15) is 0 Å². The molecule has 0 saturated carbocycles. The van der Waals surface area contributed by atoms with Crippen LogP contribution < -0.4 is 4.72 Å². The number of hydrogen-bond donors (Lipinski definition) is 1. The van der Waals surface area contributed by atoms with E-state index >= 15 is 0 Å². The standard InChI is InChI=1S/C14H19N3O3S2/c1-13(2)6-9-10(14(13,3)4)21-12-15-8(7-17(9)12)11(18)16-22(5,19)20/h7H,6H2,1-5H3,(H,16,18). The number of nitrogens with one attached hydrogen (secondary N) is 1. The third-order valence-electron chi connectivity index (χ3n) is 4.80. The highest BCUT2D eigenvalue weighted by Gasteiger charge is 2.48. The van der Waals surface area contributed by atoms with Gasteiger partial charge in [-0.05, 0) is 11.8 Å². The van der Waals surface area contributed by atoms with Crippen LogP contribution in [0.5, 0.6) is 0 Å². The van der Waals surface area contributed by atoms with Gasteiger partial charge < -0.3 is 0 Å². The maximum absolute atomic E-state index is 11.9. The van der Waals surface area contributed by atoms with Crippen LogP contribution in [0.25, 0.3) is 4.96 Å². The molecule has 6 nitrogen and oxygen atoms in total. The first-order valence-corrected chi connectivity index (χ1v) is 9.66. The van der Waals surface area contributed by atoms with E-state index in [-0.39, 0.29) is 16.5 Å². The van der Waals surface area contributed by atoms with Crippen LogP contribution >= 0.6 is 11.3 Å². The molecule has 0 fully saturated rings. The van der Waals surface area contributed by atoms with Gasteiger partial charge in [0.05, 0.1) is 6.26 Å². The van der Waals surface area contributed by atoms with E-state index in [0.717, 1.165) is 17.6 Å². The summed E-state index contributed by atoms with van der Waals surface area (Å²) in [5.74, 6) is -0.691. The Morgan fingerprint density at radius 3 is 2.59 bits per heavy atom. The van der Waals surface area contributed by atoms with Gasteiger partial charge in [0.15, 0.2) is 4.96 Å². The third-order valence-corrected chi connectivity index (χ3v) is 6.78. The van der Waals surface area contributed by atoms with E-state index in [1.807, 2.05) is 9.12 Å². The number of nitrogens with zero attached hydrogens (tertiary/aromatic N) is 2. The van der Waals surface area contributed by atoms with Gasteiger partial charge in [-0.1, -0.05) is 27.7 Å². The molecule has 0 unspecified atom stereocenters. The van der Waals surface area contributed by atoms with Gasteiger partial charge in [0, 0.05) is 22.2 Å². The summed E-state index contributed by atoms with van der Waals surface area (Å²) in [5, 5.41) is 0. The van der Waals surface area contributed by atoms with Crippen molar-refractivity contribution in [1.82, 2.24) is 14.1 Å². The molecule has 1 N–H and O–H groups in total. The number of carbonyl (C=O) groups excluding carboxylic acids is 1. The summed E-state index contributed by atoms with van der Waals surface area (Å²) in [6.45, 7) is 8.93. The smallest absolute Gasteiger partial charge is 0.284 e. The van der Waals surface area contributed by atoms with Crippen molar-refractivity contribution in [2.75, 3.05) is 6.26 Å². The van der Waals surface area contributed by atoms with Crippen molar-refractivity contribution in [1.29, 1.82) is 0 Å².